The smallest absolute Gasteiger partial charge is 0.253 e. The van der Waals surface area contributed by atoms with Crippen molar-refractivity contribution in [1.82, 2.24) is 19.9 Å². The summed E-state index contributed by atoms with van der Waals surface area (Å²) >= 11 is 0. The van der Waals surface area contributed by atoms with Gasteiger partial charge in [-0.05, 0) is 23.8 Å². The van der Waals surface area contributed by atoms with E-state index in [-0.39, 0.29) is 11.5 Å². The lowest BCUT2D eigenvalue weighted by Crippen LogP contribution is -2.32. The maximum atomic E-state index is 13.2. The number of nitrogens with zero attached hydrogens (tertiary/aromatic N) is 2. The number of hydrogen-bond donors (Lipinski definition) is 2. The van der Waals surface area contributed by atoms with Crippen molar-refractivity contribution in [3.8, 4) is 5.75 Å². The van der Waals surface area contributed by atoms with E-state index in [1.54, 1.807) is 19.4 Å². The Morgan fingerprint density at radius 3 is 2.62 bits per heavy atom. The van der Waals surface area contributed by atoms with Crippen LogP contribution in [0.5, 0.6) is 5.75 Å². The number of aromatic nitrogens is 3. The third-order valence-electron chi connectivity index (χ3n) is 4.84. The lowest BCUT2D eigenvalue weighted by molar-refractivity contribution is 0.0942. The topological polar surface area (TPSA) is 89.0 Å². The van der Waals surface area contributed by atoms with Crippen molar-refractivity contribution in [3.63, 3.8) is 0 Å². The van der Waals surface area contributed by atoms with Gasteiger partial charge in [-0.1, -0.05) is 30.3 Å². The number of carbonyl (C=O) groups excluding carboxylic acids is 1. The van der Waals surface area contributed by atoms with Crippen molar-refractivity contribution in [2.75, 3.05) is 7.11 Å². The number of rotatable bonds is 5. The van der Waals surface area contributed by atoms with Gasteiger partial charge in [0.15, 0.2) is 0 Å². The van der Waals surface area contributed by atoms with Gasteiger partial charge in [0.05, 0.1) is 12.7 Å². The molecule has 0 aliphatic rings. The fourth-order valence-corrected chi connectivity index (χ4v) is 3.35. The molecule has 29 heavy (non-hydrogen) atoms. The number of para-hydroxylation sites is 1. The number of nitrogens with one attached hydrogen (secondary N) is 2. The van der Waals surface area contributed by atoms with E-state index in [2.05, 4.69) is 15.3 Å². The summed E-state index contributed by atoms with van der Waals surface area (Å²) < 4.78 is 7.08. The highest BCUT2D eigenvalue weighted by Gasteiger charge is 2.23. The first-order valence-electron chi connectivity index (χ1n) is 9.11. The number of H-pyrrole nitrogens is 1. The van der Waals surface area contributed by atoms with E-state index in [1.165, 1.54) is 6.07 Å². The molecule has 1 atom stereocenters. The zero-order valence-corrected chi connectivity index (χ0v) is 16.0. The molecule has 146 valence electrons. The van der Waals surface area contributed by atoms with E-state index in [0.29, 0.717) is 22.3 Å². The third kappa shape index (κ3) is 3.62. The molecule has 2 aromatic heterocycles. The number of aromatic amines is 1. The molecular formula is C22H20N4O3. The van der Waals surface area contributed by atoms with Gasteiger partial charge in [-0.2, -0.15) is 0 Å². The van der Waals surface area contributed by atoms with Crippen LogP contribution in [-0.2, 0) is 7.05 Å². The summed E-state index contributed by atoms with van der Waals surface area (Å²) in [6, 6.07) is 15.5. The van der Waals surface area contributed by atoms with Gasteiger partial charge in [-0.15, -0.1) is 0 Å². The van der Waals surface area contributed by atoms with Crippen molar-refractivity contribution in [3.05, 3.63) is 94.3 Å². The van der Waals surface area contributed by atoms with Crippen molar-refractivity contribution in [2.24, 2.45) is 7.05 Å². The molecule has 0 saturated carbocycles. The van der Waals surface area contributed by atoms with E-state index in [0.717, 1.165) is 11.3 Å². The quantitative estimate of drug-likeness (QED) is 0.550. The fourth-order valence-electron chi connectivity index (χ4n) is 3.35. The van der Waals surface area contributed by atoms with Crippen molar-refractivity contribution < 1.29 is 9.53 Å². The Morgan fingerprint density at radius 2 is 1.93 bits per heavy atom. The molecule has 7 heteroatoms. The van der Waals surface area contributed by atoms with Gasteiger partial charge < -0.3 is 19.6 Å². The minimum atomic E-state index is -0.494. The van der Waals surface area contributed by atoms with Crippen LogP contribution in [0, 0.1) is 0 Å². The molecule has 0 spiro atoms. The van der Waals surface area contributed by atoms with E-state index in [9.17, 15) is 9.59 Å². The van der Waals surface area contributed by atoms with Crippen LogP contribution in [0.3, 0.4) is 0 Å². The van der Waals surface area contributed by atoms with E-state index < -0.39 is 6.04 Å². The molecule has 4 rings (SSSR count). The second-order valence-corrected chi connectivity index (χ2v) is 6.67. The first kappa shape index (κ1) is 18.5. The van der Waals surface area contributed by atoms with Crippen LogP contribution >= 0.6 is 0 Å². The molecule has 0 fully saturated rings. The summed E-state index contributed by atoms with van der Waals surface area (Å²) in [5, 5.41) is 3.71. The monoisotopic (exact) mass is 388 g/mol. The van der Waals surface area contributed by atoms with Crippen LogP contribution in [0.15, 0.2) is 71.8 Å². The highest BCUT2D eigenvalue weighted by molar-refractivity contribution is 6.06. The zero-order chi connectivity index (χ0) is 20.4. The molecular weight excluding hydrogens is 368 g/mol. The largest absolute Gasteiger partial charge is 0.497 e. The molecule has 0 bridgehead atoms. The van der Waals surface area contributed by atoms with Gasteiger partial charge >= 0.3 is 0 Å². The standard InChI is InChI=1S/C22H20N4O3/c1-26-12-11-23-21(26)20(14-7-9-15(29-2)10-8-14)25-22(28)17-13-19(27)24-18-6-4-3-5-16(17)18/h3-13,20H,1-2H3,(H,24,27)(H,25,28). The second-order valence-electron chi connectivity index (χ2n) is 6.67. The maximum Gasteiger partial charge on any atom is 0.253 e. The number of methoxy groups -OCH3 is 1. The number of hydrogen-bond acceptors (Lipinski definition) is 4. The summed E-state index contributed by atoms with van der Waals surface area (Å²) in [6.45, 7) is 0. The van der Waals surface area contributed by atoms with Crippen LogP contribution in [-0.4, -0.2) is 27.6 Å². The first-order valence-corrected chi connectivity index (χ1v) is 9.11. The van der Waals surface area contributed by atoms with E-state index >= 15 is 0 Å². The summed E-state index contributed by atoms with van der Waals surface area (Å²) in [4.78, 5) is 32.4. The maximum absolute atomic E-state index is 13.2. The van der Waals surface area contributed by atoms with E-state index in [1.807, 2.05) is 60.3 Å². The van der Waals surface area contributed by atoms with Crippen LogP contribution in [0.1, 0.15) is 27.8 Å². The average Bonchev–Trinajstić information content (AvgIpc) is 3.17. The molecule has 0 aliphatic heterocycles. The van der Waals surface area contributed by atoms with Crippen LogP contribution < -0.4 is 15.6 Å². The molecule has 2 N–H and O–H groups in total. The fraction of sp³-hybridized carbons (Fsp3) is 0.136. The number of amides is 1. The van der Waals surface area contributed by atoms with Gasteiger partial charge in [-0.25, -0.2) is 4.98 Å². The molecule has 0 aliphatic carbocycles. The molecule has 2 heterocycles. The predicted molar refractivity (Wildman–Crippen MR) is 110 cm³/mol. The average molecular weight is 388 g/mol. The van der Waals surface area contributed by atoms with Crippen LogP contribution in [0.2, 0.25) is 0 Å². The SMILES string of the molecule is COc1ccc(C(NC(=O)c2cc(=O)[nH]c3ccccc23)c2nccn2C)cc1. The molecule has 4 aromatic rings. The lowest BCUT2D eigenvalue weighted by Gasteiger charge is -2.20. The number of benzene rings is 2. The summed E-state index contributed by atoms with van der Waals surface area (Å²) in [6.07, 6.45) is 3.50. The second kappa shape index (κ2) is 7.63. The van der Waals surface area contributed by atoms with Gasteiger partial charge in [0.2, 0.25) is 5.56 Å². The Bertz CT molecular complexity index is 1220. The first-order chi connectivity index (χ1) is 14.1. The summed E-state index contributed by atoms with van der Waals surface area (Å²) in [5.74, 6) is 1.05. The Labute approximate surface area is 167 Å². The Balaban J connectivity index is 1.76. The molecule has 1 unspecified atom stereocenters. The highest BCUT2D eigenvalue weighted by atomic mass is 16.5. The summed E-state index contributed by atoms with van der Waals surface area (Å²) in [7, 11) is 3.47. The zero-order valence-electron chi connectivity index (χ0n) is 16.0. The minimum absolute atomic E-state index is 0.317. The molecule has 0 radical (unpaired) electrons. The molecule has 7 nitrogen and oxygen atoms in total. The van der Waals surface area contributed by atoms with Crippen molar-refractivity contribution >= 4 is 16.8 Å². The minimum Gasteiger partial charge on any atom is -0.497 e. The number of imidazole rings is 1. The van der Waals surface area contributed by atoms with E-state index in [4.69, 9.17) is 4.74 Å². The van der Waals surface area contributed by atoms with Gasteiger partial charge in [0, 0.05) is 36.4 Å². The Hall–Kier alpha value is -3.87. The number of pyridine rings is 1. The number of aryl methyl sites for hydroxylation is 1. The number of fused-ring (bicyclic) bond motifs is 1. The number of ether oxygens (including phenoxy) is 1. The normalized spacial score (nSPS) is 11.9. The Kier molecular flexibility index (Phi) is 4.87. The molecule has 2 aromatic carbocycles. The summed E-state index contributed by atoms with van der Waals surface area (Å²) in [5.41, 5.74) is 1.45. The molecule has 0 saturated heterocycles. The Morgan fingerprint density at radius 1 is 1.17 bits per heavy atom. The third-order valence-corrected chi connectivity index (χ3v) is 4.84. The van der Waals surface area contributed by atoms with Gasteiger partial charge in [0.1, 0.15) is 17.6 Å². The van der Waals surface area contributed by atoms with Gasteiger partial charge in [0.25, 0.3) is 5.91 Å². The molecule has 1 amide bonds. The van der Waals surface area contributed by atoms with Crippen LogP contribution in [0.4, 0.5) is 0 Å². The predicted octanol–water partition coefficient (Wildman–Crippen LogP) is 2.79. The van der Waals surface area contributed by atoms with Crippen molar-refractivity contribution in [2.45, 2.75) is 6.04 Å². The van der Waals surface area contributed by atoms with Gasteiger partial charge in [-0.3, -0.25) is 9.59 Å². The highest BCUT2D eigenvalue weighted by Crippen LogP contribution is 2.24. The van der Waals surface area contributed by atoms with Crippen LogP contribution in [0.25, 0.3) is 10.9 Å². The lowest BCUT2D eigenvalue weighted by atomic mass is 10.0. The van der Waals surface area contributed by atoms with Crippen molar-refractivity contribution in [1.29, 1.82) is 0 Å². The number of carbonyl (C=O) groups is 1.